The van der Waals surface area contributed by atoms with Crippen molar-refractivity contribution in [3.05, 3.63) is 57.3 Å². The van der Waals surface area contributed by atoms with Gasteiger partial charge in [0.1, 0.15) is 12.4 Å². The molecule has 1 amide bonds. The third-order valence-corrected chi connectivity index (χ3v) is 4.63. The highest BCUT2D eigenvalue weighted by Gasteiger charge is 2.22. The van der Waals surface area contributed by atoms with E-state index in [9.17, 15) is 9.59 Å². The molecule has 0 bridgehead atoms. The number of hydrogen-bond donors (Lipinski definition) is 0. The van der Waals surface area contributed by atoms with Crippen molar-refractivity contribution in [1.29, 1.82) is 0 Å². The van der Waals surface area contributed by atoms with E-state index in [1.807, 2.05) is 32.0 Å². The summed E-state index contributed by atoms with van der Waals surface area (Å²) in [6.07, 6.45) is 2.11. The Morgan fingerprint density at radius 3 is 2.68 bits per heavy atom. The van der Waals surface area contributed by atoms with Gasteiger partial charge in [0.25, 0.3) is 5.56 Å². The molecular weight excluding hydrogens is 318 g/mol. The third-order valence-electron chi connectivity index (χ3n) is 4.63. The molecule has 1 aliphatic heterocycles. The maximum atomic E-state index is 12.6. The van der Waals surface area contributed by atoms with Gasteiger partial charge in [0, 0.05) is 19.0 Å². The van der Waals surface area contributed by atoms with Crippen LogP contribution in [0.25, 0.3) is 0 Å². The van der Waals surface area contributed by atoms with Crippen LogP contribution in [0.2, 0.25) is 0 Å². The summed E-state index contributed by atoms with van der Waals surface area (Å²) >= 11 is 0. The van der Waals surface area contributed by atoms with Gasteiger partial charge in [0.05, 0.1) is 25.1 Å². The van der Waals surface area contributed by atoms with E-state index >= 15 is 0 Å². The molecule has 0 N–H and O–H groups in total. The van der Waals surface area contributed by atoms with Crippen LogP contribution in [0.1, 0.15) is 29.3 Å². The zero-order valence-corrected chi connectivity index (χ0v) is 14.9. The Labute approximate surface area is 147 Å². The SMILES string of the molecule is CC(=O)N1CCc2c(ncn(CCOc3c(C)cccc3C)c2=O)C1. The lowest BCUT2D eigenvalue weighted by Crippen LogP contribution is -2.39. The molecule has 0 saturated carbocycles. The fraction of sp³-hybridized carbons (Fsp3) is 0.421. The monoisotopic (exact) mass is 341 g/mol. The summed E-state index contributed by atoms with van der Waals surface area (Å²) in [5, 5.41) is 0. The van der Waals surface area contributed by atoms with Crippen LogP contribution in [0.3, 0.4) is 0 Å². The smallest absolute Gasteiger partial charge is 0.256 e. The number of hydrogen-bond acceptors (Lipinski definition) is 4. The summed E-state index contributed by atoms with van der Waals surface area (Å²) in [7, 11) is 0. The van der Waals surface area contributed by atoms with Crippen LogP contribution in [0.5, 0.6) is 5.75 Å². The number of fused-ring (bicyclic) bond motifs is 1. The molecule has 0 atom stereocenters. The summed E-state index contributed by atoms with van der Waals surface area (Å²) in [5.41, 5.74) is 3.56. The molecule has 0 fully saturated rings. The Hall–Kier alpha value is -2.63. The Kier molecular flexibility index (Phi) is 4.88. The van der Waals surface area contributed by atoms with Gasteiger partial charge in [-0.3, -0.25) is 14.2 Å². The van der Waals surface area contributed by atoms with Gasteiger partial charge >= 0.3 is 0 Å². The number of para-hydroxylation sites is 1. The van der Waals surface area contributed by atoms with Crippen molar-refractivity contribution in [1.82, 2.24) is 14.5 Å². The summed E-state index contributed by atoms with van der Waals surface area (Å²) in [5.74, 6) is 0.886. The molecule has 1 aromatic heterocycles. The predicted molar refractivity (Wildman–Crippen MR) is 94.7 cm³/mol. The van der Waals surface area contributed by atoms with Crippen molar-refractivity contribution >= 4 is 5.91 Å². The zero-order valence-electron chi connectivity index (χ0n) is 14.9. The van der Waals surface area contributed by atoms with Crippen LogP contribution < -0.4 is 10.3 Å². The van der Waals surface area contributed by atoms with Gasteiger partial charge in [-0.2, -0.15) is 0 Å². The molecule has 2 heterocycles. The number of aromatic nitrogens is 2. The quantitative estimate of drug-likeness (QED) is 0.851. The van der Waals surface area contributed by atoms with Gasteiger partial charge in [0.2, 0.25) is 5.91 Å². The van der Waals surface area contributed by atoms with Crippen molar-refractivity contribution in [3.8, 4) is 5.75 Å². The lowest BCUT2D eigenvalue weighted by molar-refractivity contribution is -0.129. The first-order chi connectivity index (χ1) is 12.0. The van der Waals surface area contributed by atoms with E-state index in [0.29, 0.717) is 43.9 Å². The minimum Gasteiger partial charge on any atom is -0.491 e. The molecule has 132 valence electrons. The fourth-order valence-electron chi connectivity index (χ4n) is 3.16. The van der Waals surface area contributed by atoms with Crippen molar-refractivity contribution in [2.24, 2.45) is 0 Å². The van der Waals surface area contributed by atoms with E-state index in [1.54, 1.807) is 15.8 Å². The number of ether oxygens (including phenoxy) is 1. The van der Waals surface area contributed by atoms with Gasteiger partial charge in [-0.15, -0.1) is 0 Å². The first-order valence-electron chi connectivity index (χ1n) is 8.49. The number of carbonyl (C=O) groups is 1. The normalized spacial score (nSPS) is 13.5. The van der Waals surface area contributed by atoms with Gasteiger partial charge < -0.3 is 9.64 Å². The molecule has 1 aromatic carbocycles. The summed E-state index contributed by atoms with van der Waals surface area (Å²) < 4.78 is 7.47. The van der Waals surface area contributed by atoms with Gasteiger partial charge in [0.15, 0.2) is 0 Å². The molecule has 0 radical (unpaired) electrons. The molecule has 0 aliphatic carbocycles. The fourth-order valence-corrected chi connectivity index (χ4v) is 3.16. The summed E-state index contributed by atoms with van der Waals surface area (Å²) in [4.78, 5) is 30.2. The average molecular weight is 341 g/mol. The molecule has 6 heteroatoms. The number of benzene rings is 1. The Morgan fingerprint density at radius 1 is 1.28 bits per heavy atom. The Balaban J connectivity index is 1.70. The second-order valence-electron chi connectivity index (χ2n) is 6.43. The second kappa shape index (κ2) is 7.09. The largest absolute Gasteiger partial charge is 0.491 e. The third kappa shape index (κ3) is 3.57. The first kappa shape index (κ1) is 17.2. The Morgan fingerprint density at radius 2 is 2.00 bits per heavy atom. The number of nitrogens with zero attached hydrogens (tertiary/aromatic N) is 3. The highest BCUT2D eigenvalue weighted by atomic mass is 16.5. The highest BCUT2D eigenvalue weighted by Crippen LogP contribution is 2.22. The van der Waals surface area contributed by atoms with Crippen LogP contribution in [-0.4, -0.2) is 33.5 Å². The molecule has 6 nitrogen and oxygen atoms in total. The number of aryl methyl sites for hydroxylation is 2. The maximum absolute atomic E-state index is 12.6. The molecule has 0 saturated heterocycles. The lowest BCUT2D eigenvalue weighted by atomic mass is 10.1. The van der Waals surface area contributed by atoms with Crippen molar-refractivity contribution in [3.63, 3.8) is 0 Å². The van der Waals surface area contributed by atoms with Gasteiger partial charge in [-0.1, -0.05) is 18.2 Å². The van der Waals surface area contributed by atoms with E-state index in [2.05, 4.69) is 4.98 Å². The van der Waals surface area contributed by atoms with Crippen LogP contribution in [0.15, 0.2) is 29.3 Å². The minimum absolute atomic E-state index is 0.0126. The summed E-state index contributed by atoms with van der Waals surface area (Å²) in [6, 6.07) is 6.02. The van der Waals surface area contributed by atoms with Crippen molar-refractivity contribution < 1.29 is 9.53 Å². The number of rotatable bonds is 4. The number of amides is 1. The van der Waals surface area contributed by atoms with Crippen molar-refractivity contribution in [2.75, 3.05) is 13.2 Å². The maximum Gasteiger partial charge on any atom is 0.256 e. The molecule has 0 spiro atoms. The second-order valence-corrected chi connectivity index (χ2v) is 6.43. The lowest BCUT2D eigenvalue weighted by Gasteiger charge is -2.26. The van der Waals surface area contributed by atoms with Gasteiger partial charge in [-0.05, 0) is 31.4 Å². The van der Waals surface area contributed by atoms with E-state index in [0.717, 1.165) is 16.9 Å². The molecule has 2 aromatic rings. The number of carbonyl (C=O) groups excluding carboxylic acids is 1. The molecule has 1 aliphatic rings. The van der Waals surface area contributed by atoms with Gasteiger partial charge in [-0.25, -0.2) is 4.98 Å². The molecular formula is C19H23N3O3. The van der Waals surface area contributed by atoms with Crippen LogP contribution in [0.4, 0.5) is 0 Å². The molecule has 0 unspecified atom stereocenters. The summed E-state index contributed by atoms with van der Waals surface area (Å²) in [6.45, 7) is 7.40. The van der Waals surface area contributed by atoms with E-state index < -0.39 is 0 Å². The van der Waals surface area contributed by atoms with Crippen molar-refractivity contribution in [2.45, 2.75) is 40.3 Å². The predicted octanol–water partition coefficient (Wildman–Crippen LogP) is 1.84. The highest BCUT2D eigenvalue weighted by molar-refractivity contribution is 5.73. The topological polar surface area (TPSA) is 64.4 Å². The molecule has 3 rings (SSSR count). The van der Waals surface area contributed by atoms with E-state index in [4.69, 9.17) is 4.74 Å². The average Bonchev–Trinajstić information content (AvgIpc) is 2.59. The van der Waals surface area contributed by atoms with Crippen LogP contribution >= 0.6 is 0 Å². The minimum atomic E-state index is -0.0293. The van der Waals surface area contributed by atoms with E-state index in [-0.39, 0.29) is 11.5 Å². The Bertz CT molecular complexity index is 837. The zero-order chi connectivity index (χ0) is 18.0. The molecule has 25 heavy (non-hydrogen) atoms. The van der Waals surface area contributed by atoms with Crippen LogP contribution in [-0.2, 0) is 24.3 Å². The first-order valence-corrected chi connectivity index (χ1v) is 8.49. The van der Waals surface area contributed by atoms with E-state index in [1.165, 1.54) is 6.92 Å². The standard InChI is InChI=1S/C19H23N3O3/c1-13-5-4-6-14(2)18(13)25-10-9-22-12-20-17-11-21(15(3)23)8-7-16(17)19(22)24/h4-6,12H,7-11H2,1-3H3. The van der Waals surface area contributed by atoms with Crippen LogP contribution in [0, 0.1) is 13.8 Å².